The molecule has 1 saturated carbocycles. The summed E-state index contributed by atoms with van der Waals surface area (Å²) in [6.45, 7) is 3.03. The molecule has 0 amide bonds. The number of nitrogens with one attached hydrogen (secondary N) is 2. The van der Waals surface area contributed by atoms with Crippen LogP contribution in [0.1, 0.15) is 26.2 Å². The van der Waals surface area contributed by atoms with Crippen LogP contribution in [0.2, 0.25) is 0 Å². The van der Waals surface area contributed by atoms with E-state index in [1.807, 2.05) is 24.3 Å². The monoisotopic (exact) mass is 268 g/mol. The molecular weight excluding hydrogens is 248 g/mol. The maximum atomic E-state index is 4.61. The maximum Gasteiger partial charge on any atom is 0.225 e. The normalized spacial score (nSPS) is 14.1. The predicted octanol–water partition coefficient (Wildman–Crippen LogP) is 3.54. The van der Waals surface area contributed by atoms with Crippen molar-refractivity contribution in [2.24, 2.45) is 0 Å². The number of anilines is 2. The summed E-state index contributed by atoms with van der Waals surface area (Å²) in [5.74, 6) is 1.62. The molecule has 0 radical (unpaired) electrons. The third-order valence-corrected chi connectivity index (χ3v) is 3.26. The summed E-state index contributed by atoms with van der Waals surface area (Å²) in [6, 6.07) is 12.9. The highest BCUT2D eigenvalue weighted by Gasteiger charge is 2.21. The minimum absolute atomic E-state index is 0.590. The zero-order valence-corrected chi connectivity index (χ0v) is 11.8. The molecule has 0 atom stereocenters. The van der Waals surface area contributed by atoms with E-state index in [-0.39, 0.29) is 0 Å². The van der Waals surface area contributed by atoms with E-state index < -0.39 is 0 Å². The van der Waals surface area contributed by atoms with Gasteiger partial charge in [0, 0.05) is 24.2 Å². The summed E-state index contributed by atoms with van der Waals surface area (Å²) in [5, 5.41) is 6.73. The fourth-order valence-electron chi connectivity index (χ4n) is 2.03. The number of hydrogen-bond acceptors (Lipinski definition) is 4. The van der Waals surface area contributed by atoms with Gasteiger partial charge in [0.2, 0.25) is 5.95 Å². The first kappa shape index (κ1) is 12.9. The third-order valence-electron chi connectivity index (χ3n) is 3.26. The quantitative estimate of drug-likeness (QED) is 0.841. The van der Waals surface area contributed by atoms with Gasteiger partial charge < -0.3 is 10.6 Å². The lowest BCUT2D eigenvalue weighted by molar-refractivity contribution is 0.951. The van der Waals surface area contributed by atoms with Crippen LogP contribution >= 0.6 is 0 Å². The lowest BCUT2D eigenvalue weighted by atomic mass is 10.1. The maximum absolute atomic E-state index is 4.61. The van der Waals surface area contributed by atoms with Crippen LogP contribution in [0.25, 0.3) is 11.3 Å². The molecule has 4 heteroatoms. The first-order valence-electron chi connectivity index (χ1n) is 7.30. The standard InChI is InChI=1S/C16H20N4/c1-2-10-17-16-19-14(12-6-4-3-5-7-12)11-15(20-16)18-13-8-9-13/h3-7,11,13H,2,8-10H2,1H3,(H2,17,18,19,20). The molecule has 1 heterocycles. The number of hydrogen-bond donors (Lipinski definition) is 2. The fraction of sp³-hybridized carbons (Fsp3) is 0.375. The lowest BCUT2D eigenvalue weighted by Crippen LogP contribution is -2.09. The molecule has 1 aromatic carbocycles. The largest absolute Gasteiger partial charge is 0.367 e. The second kappa shape index (κ2) is 5.90. The Morgan fingerprint density at radius 3 is 2.65 bits per heavy atom. The average molecular weight is 268 g/mol. The van der Waals surface area contributed by atoms with E-state index in [0.29, 0.717) is 12.0 Å². The Kier molecular flexibility index (Phi) is 3.81. The van der Waals surface area contributed by atoms with E-state index in [2.05, 4.69) is 39.7 Å². The summed E-state index contributed by atoms with van der Waals surface area (Å²) in [7, 11) is 0. The topological polar surface area (TPSA) is 49.8 Å². The number of benzene rings is 1. The van der Waals surface area contributed by atoms with E-state index in [0.717, 1.165) is 30.0 Å². The van der Waals surface area contributed by atoms with Crippen LogP contribution in [-0.4, -0.2) is 22.6 Å². The molecule has 0 aliphatic heterocycles. The van der Waals surface area contributed by atoms with Gasteiger partial charge in [0.15, 0.2) is 0 Å². The molecule has 3 rings (SSSR count). The first-order chi connectivity index (χ1) is 9.85. The zero-order valence-electron chi connectivity index (χ0n) is 11.8. The van der Waals surface area contributed by atoms with E-state index >= 15 is 0 Å². The lowest BCUT2D eigenvalue weighted by Gasteiger charge is -2.10. The Hall–Kier alpha value is -2.10. The molecule has 4 nitrogen and oxygen atoms in total. The van der Waals surface area contributed by atoms with Crippen molar-refractivity contribution < 1.29 is 0 Å². The second-order valence-electron chi connectivity index (χ2n) is 5.17. The van der Waals surface area contributed by atoms with Crippen LogP contribution in [0.3, 0.4) is 0 Å². The third kappa shape index (κ3) is 3.26. The van der Waals surface area contributed by atoms with Crippen LogP contribution in [0, 0.1) is 0 Å². The highest BCUT2D eigenvalue weighted by molar-refractivity contribution is 5.64. The smallest absolute Gasteiger partial charge is 0.225 e. The van der Waals surface area contributed by atoms with Crippen molar-refractivity contribution >= 4 is 11.8 Å². The Bertz CT molecular complexity index is 564. The molecular formula is C16H20N4. The number of nitrogens with zero attached hydrogens (tertiary/aromatic N) is 2. The summed E-state index contributed by atoms with van der Waals surface area (Å²) >= 11 is 0. The zero-order chi connectivity index (χ0) is 13.8. The highest BCUT2D eigenvalue weighted by atomic mass is 15.2. The van der Waals surface area contributed by atoms with Gasteiger partial charge in [-0.1, -0.05) is 37.3 Å². The van der Waals surface area contributed by atoms with Crippen molar-refractivity contribution in [3.05, 3.63) is 36.4 Å². The fourth-order valence-corrected chi connectivity index (χ4v) is 2.03. The van der Waals surface area contributed by atoms with Gasteiger partial charge in [-0.05, 0) is 19.3 Å². The van der Waals surface area contributed by atoms with Gasteiger partial charge in [-0.3, -0.25) is 0 Å². The van der Waals surface area contributed by atoms with Crippen molar-refractivity contribution in [1.29, 1.82) is 0 Å². The Morgan fingerprint density at radius 2 is 1.95 bits per heavy atom. The van der Waals surface area contributed by atoms with E-state index in [9.17, 15) is 0 Å². The summed E-state index contributed by atoms with van der Waals surface area (Å²) in [4.78, 5) is 9.15. The molecule has 1 aliphatic rings. The minimum atomic E-state index is 0.590. The van der Waals surface area contributed by atoms with Gasteiger partial charge in [0.25, 0.3) is 0 Å². The molecule has 1 aliphatic carbocycles. The molecule has 1 fully saturated rings. The van der Waals surface area contributed by atoms with Crippen molar-refractivity contribution in [3.63, 3.8) is 0 Å². The van der Waals surface area contributed by atoms with Crippen molar-refractivity contribution in [1.82, 2.24) is 9.97 Å². The highest BCUT2D eigenvalue weighted by Crippen LogP contribution is 2.27. The Morgan fingerprint density at radius 1 is 1.15 bits per heavy atom. The Balaban J connectivity index is 1.90. The molecule has 2 aromatic rings. The summed E-state index contributed by atoms with van der Waals surface area (Å²) in [6.07, 6.45) is 3.54. The van der Waals surface area contributed by atoms with Crippen LogP contribution in [0.5, 0.6) is 0 Å². The molecule has 2 N–H and O–H groups in total. The van der Waals surface area contributed by atoms with Crippen molar-refractivity contribution in [3.8, 4) is 11.3 Å². The number of rotatable bonds is 6. The Labute approximate surface area is 119 Å². The molecule has 1 aromatic heterocycles. The van der Waals surface area contributed by atoms with Crippen LogP contribution < -0.4 is 10.6 Å². The van der Waals surface area contributed by atoms with E-state index in [1.165, 1.54) is 12.8 Å². The summed E-state index contributed by atoms with van der Waals surface area (Å²) in [5.41, 5.74) is 2.08. The average Bonchev–Trinajstić information content (AvgIpc) is 3.30. The van der Waals surface area contributed by atoms with Gasteiger partial charge in [-0.2, -0.15) is 4.98 Å². The van der Waals surface area contributed by atoms with Gasteiger partial charge in [-0.25, -0.2) is 4.98 Å². The molecule has 0 unspecified atom stereocenters. The molecule has 0 saturated heterocycles. The number of aromatic nitrogens is 2. The van der Waals surface area contributed by atoms with Gasteiger partial charge in [0.1, 0.15) is 5.82 Å². The van der Waals surface area contributed by atoms with Crippen molar-refractivity contribution in [2.75, 3.05) is 17.2 Å². The molecule has 0 spiro atoms. The van der Waals surface area contributed by atoms with E-state index in [1.54, 1.807) is 0 Å². The van der Waals surface area contributed by atoms with Crippen molar-refractivity contribution in [2.45, 2.75) is 32.2 Å². The SMILES string of the molecule is CCCNc1nc(NC2CC2)cc(-c2ccccc2)n1. The van der Waals surface area contributed by atoms with Crippen LogP contribution in [0.4, 0.5) is 11.8 Å². The minimum Gasteiger partial charge on any atom is -0.367 e. The second-order valence-corrected chi connectivity index (χ2v) is 5.17. The predicted molar refractivity (Wildman–Crippen MR) is 82.9 cm³/mol. The molecule has 20 heavy (non-hydrogen) atoms. The molecule has 0 bridgehead atoms. The van der Waals surface area contributed by atoms with Crippen LogP contribution in [-0.2, 0) is 0 Å². The summed E-state index contributed by atoms with van der Waals surface area (Å²) < 4.78 is 0. The first-order valence-corrected chi connectivity index (χ1v) is 7.30. The molecule has 104 valence electrons. The van der Waals surface area contributed by atoms with Gasteiger partial charge in [-0.15, -0.1) is 0 Å². The van der Waals surface area contributed by atoms with Gasteiger partial charge in [0.05, 0.1) is 5.69 Å². The van der Waals surface area contributed by atoms with E-state index in [4.69, 9.17) is 0 Å². The van der Waals surface area contributed by atoms with Gasteiger partial charge >= 0.3 is 0 Å². The van der Waals surface area contributed by atoms with Crippen LogP contribution in [0.15, 0.2) is 36.4 Å².